The van der Waals surface area contributed by atoms with E-state index in [1.54, 1.807) is 25.6 Å². The molecule has 22 heavy (non-hydrogen) atoms. The number of ether oxygens (including phenoxy) is 1. The van der Waals surface area contributed by atoms with E-state index in [1.165, 1.54) is 0 Å². The Morgan fingerprint density at radius 3 is 2.82 bits per heavy atom. The van der Waals surface area contributed by atoms with E-state index >= 15 is 0 Å². The minimum absolute atomic E-state index is 0.188. The van der Waals surface area contributed by atoms with E-state index in [0.717, 1.165) is 11.1 Å². The van der Waals surface area contributed by atoms with Crippen LogP contribution >= 0.6 is 0 Å². The van der Waals surface area contributed by atoms with Crippen molar-refractivity contribution >= 4 is 11.6 Å². The molecule has 1 amide bonds. The number of benzene rings is 1. The maximum absolute atomic E-state index is 12.1. The third kappa shape index (κ3) is 3.85. The molecule has 1 aromatic heterocycles. The van der Waals surface area contributed by atoms with Crippen LogP contribution in [0.3, 0.4) is 0 Å². The van der Waals surface area contributed by atoms with Gasteiger partial charge in [0.05, 0.1) is 19.3 Å². The lowest BCUT2D eigenvalue weighted by atomic mass is 10.0. The summed E-state index contributed by atoms with van der Waals surface area (Å²) in [7, 11) is 1.59. The van der Waals surface area contributed by atoms with Crippen molar-refractivity contribution in [3.8, 4) is 16.9 Å². The number of nitrogens with one attached hydrogen (secondary N) is 2. The molecular weight excluding hydrogens is 280 g/mol. The van der Waals surface area contributed by atoms with Gasteiger partial charge in [0.2, 0.25) is 5.91 Å². The average molecular weight is 302 g/mol. The van der Waals surface area contributed by atoms with E-state index in [1.807, 2.05) is 26.0 Å². The zero-order valence-corrected chi connectivity index (χ0v) is 13.1. The predicted molar refractivity (Wildman–Crippen MR) is 86.6 cm³/mol. The van der Waals surface area contributed by atoms with Gasteiger partial charge in [0.15, 0.2) is 0 Å². The van der Waals surface area contributed by atoms with Gasteiger partial charge in [-0.1, -0.05) is 13.8 Å². The summed E-state index contributed by atoms with van der Waals surface area (Å²) in [4.78, 5) is 12.1. The number of aromatic amines is 1. The fourth-order valence-corrected chi connectivity index (χ4v) is 2.26. The van der Waals surface area contributed by atoms with Gasteiger partial charge in [-0.15, -0.1) is 0 Å². The molecule has 0 radical (unpaired) electrons. The SMILES string of the molecule is COc1cc(NC(=O)C(N)CC(C)C)ccc1-c1cn[nH]c1. The zero-order chi connectivity index (χ0) is 16.1. The number of nitrogens with two attached hydrogens (primary N) is 1. The standard InChI is InChI=1S/C16H22N4O2/c1-10(2)6-14(17)16(21)20-12-4-5-13(15(7-12)22-3)11-8-18-19-9-11/h4-5,7-10,14H,6,17H2,1-3H3,(H,18,19)(H,20,21). The van der Waals surface area contributed by atoms with Crippen LogP contribution in [0, 0.1) is 5.92 Å². The van der Waals surface area contributed by atoms with Gasteiger partial charge in [-0.2, -0.15) is 5.10 Å². The number of hydrogen-bond acceptors (Lipinski definition) is 4. The molecule has 1 heterocycles. The lowest BCUT2D eigenvalue weighted by Crippen LogP contribution is -2.36. The molecular formula is C16H22N4O2. The van der Waals surface area contributed by atoms with Crippen molar-refractivity contribution in [2.45, 2.75) is 26.3 Å². The molecule has 0 aliphatic heterocycles. The first-order chi connectivity index (χ1) is 10.5. The Hall–Kier alpha value is -2.34. The zero-order valence-electron chi connectivity index (χ0n) is 13.1. The minimum atomic E-state index is -0.514. The van der Waals surface area contributed by atoms with Gasteiger partial charge in [0.1, 0.15) is 5.75 Å². The molecule has 2 rings (SSSR count). The summed E-state index contributed by atoms with van der Waals surface area (Å²) in [6.07, 6.45) is 4.15. The van der Waals surface area contributed by atoms with Crippen LogP contribution in [0.25, 0.3) is 11.1 Å². The van der Waals surface area contributed by atoms with Gasteiger partial charge >= 0.3 is 0 Å². The second kappa shape index (κ2) is 7.09. The van der Waals surface area contributed by atoms with Crippen molar-refractivity contribution in [3.63, 3.8) is 0 Å². The summed E-state index contributed by atoms with van der Waals surface area (Å²) in [6, 6.07) is 4.97. The van der Waals surface area contributed by atoms with Crippen LogP contribution in [0.2, 0.25) is 0 Å². The number of carbonyl (C=O) groups excluding carboxylic acids is 1. The van der Waals surface area contributed by atoms with Crippen LogP contribution in [-0.4, -0.2) is 29.3 Å². The molecule has 118 valence electrons. The van der Waals surface area contributed by atoms with E-state index in [9.17, 15) is 4.79 Å². The van der Waals surface area contributed by atoms with Gasteiger partial charge in [0.25, 0.3) is 0 Å². The Morgan fingerprint density at radius 2 is 2.23 bits per heavy atom. The molecule has 0 aliphatic carbocycles. The van der Waals surface area contributed by atoms with Crippen LogP contribution in [0.1, 0.15) is 20.3 Å². The molecule has 0 aliphatic rings. The summed E-state index contributed by atoms with van der Waals surface area (Å²) < 4.78 is 5.39. The van der Waals surface area contributed by atoms with Crippen LogP contribution in [0.4, 0.5) is 5.69 Å². The highest BCUT2D eigenvalue weighted by Crippen LogP contribution is 2.31. The number of carbonyl (C=O) groups is 1. The Bertz CT molecular complexity index is 623. The number of amides is 1. The summed E-state index contributed by atoms with van der Waals surface area (Å²) in [5.41, 5.74) is 8.37. The number of nitrogens with zero attached hydrogens (tertiary/aromatic N) is 1. The second-order valence-corrected chi connectivity index (χ2v) is 5.63. The minimum Gasteiger partial charge on any atom is -0.496 e. The molecule has 6 nitrogen and oxygen atoms in total. The maximum Gasteiger partial charge on any atom is 0.241 e. The first kappa shape index (κ1) is 16.0. The van der Waals surface area contributed by atoms with Gasteiger partial charge in [-0.3, -0.25) is 9.89 Å². The van der Waals surface area contributed by atoms with Gasteiger partial charge in [-0.25, -0.2) is 0 Å². The van der Waals surface area contributed by atoms with E-state index in [2.05, 4.69) is 15.5 Å². The molecule has 1 unspecified atom stereocenters. The Morgan fingerprint density at radius 1 is 1.45 bits per heavy atom. The third-order valence-electron chi connectivity index (χ3n) is 3.34. The number of hydrogen-bond donors (Lipinski definition) is 3. The highest BCUT2D eigenvalue weighted by molar-refractivity contribution is 5.95. The van der Waals surface area contributed by atoms with Crippen LogP contribution in [0.15, 0.2) is 30.6 Å². The van der Waals surface area contributed by atoms with E-state index < -0.39 is 6.04 Å². The van der Waals surface area contributed by atoms with Crippen LogP contribution in [0.5, 0.6) is 5.75 Å². The monoisotopic (exact) mass is 302 g/mol. The molecule has 0 saturated carbocycles. The van der Waals surface area contributed by atoms with Crippen molar-refractivity contribution in [3.05, 3.63) is 30.6 Å². The Labute approximate surface area is 130 Å². The maximum atomic E-state index is 12.1. The number of anilines is 1. The quantitative estimate of drug-likeness (QED) is 0.764. The number of H-pyrrole nitrogens is 1. The highest BCUT2D eigenvalue weighted by Gasteiger charge is 2.16. The summed E-state index contributed by atoms with van der Waals surface area (Å²) in [5, 5.41) is 9.52. The topological polar surface area (TPSA) is 93.0 Å². The number of rotatable bonds is 6. The fourth-order valence-electron chi connectivity index (χ4n) is 2.26. The molecule has 4 N–H and O–H groups in total. The van der Waals surface area contributed by atoms with Gasteiger partial charge < -0.3 is 15.8 Å². The molecule has 0 bridgehead atoms. The van der Waals surface area contributed by atoms with Gasteiger partial charge in [0, 0.05) is 29.1 Å². The smallest absolute Gasteiger partial charge is 0.241 e. The Balaban J connectivity index is 2.15. The van der Waals surface area contributed by atoms with Gasteiger partial charge in [-0.05, 0) is 24.5 Å². The molecule has 1 atom stereocenters. The second-order valence-electron chi connectivity index (χ2n) is 5.63. The predicted octanol–water partition coefficient (Wildman–Crippen LogP) is 2.40. The first-order valence-corrected chi connectivity index (χ1v) is 7.25. The first-order valence-electron chi connectivity index (χ1n) is 7.25. The lowest BCUT2D eigenvalue weighted by molar-refractivity contribution is -0.117. The van der Waals surface area contributed by atoms with Crippen molar-refractivity contribution in [2.75, 3.05) is 12.4 Å². The van der Waals surface area contributed by atoms with Crippen molar-refractivity contribution in [1.82, 2.24) is 10.2 Å². The van der Waals surface area contributed by atoms with Crippen molar-refractivity contribution in [2.24, 2.45) is 11.7 Å². The molecule has 0 saturated heterocycles. The normalized spacial score (nSPS) is 12.2. The molecule has 0 spiro atoms. The highest BCUT2D eigenvalue weighted by atomic mass is 16.5. The molecule has 2 aromatic rings. The summed E-state index contributed by atoms with van der Waals surface area (Å²) in [5.74, 6) is 0.849. The number of aromatic nitrogens is 2. The van der Waals surface area contributed by atoms with Crippen molar-refractivity contribution in [1.29, 1.82) is 0 Å². The van der Waals surface area contributed by atoms with Crippen LogP contribution < -0.4 is 15.8 Å². The average Bonchev–Trinajstić information content (AvgIpc) is 3.00. The van der Waals surface area contributed by atoms with E-state index in [0.29, 0.717) is 23.8 Å². The molecule has 6 heteroatoms. The third-order valence-corrected chi connectivity index (χ3v) is 3.34. The largest absolute Gasteiger partial charge is 0.496 e. The summed E-state index contributed by atoms with van der Waals surface area (Å²) >= 11 is 0. The summed E-state index contributed by atoms with van der Waals surface area (Å²) in [6.45, 7) is 4.08. The molecule has 1 aromatic carbocycles. The number of methoxy groups -OCH3 is 1. The fraction of sp³-hybridized carbons (Fsp3) is 0.375. The lowest BCUT2D eigenvalue weighted by Gasteiger charge is -2.15. The van der Waals surface area contributed by atoms with Crippen molar-refractivity contribution < 1.29 is 9.53 Å². The van der Waals surface area contributed by atoms with E-state index in [4.69, 9.17) is 10.5 Å². The van der Waals surface area contributed by atoms with Crippen LogP contribution in [-0.2, 0) is 4.79 Å². The van der Waals surface area contributed by atoms with E-state index in [-0.39, 0.29) is 5.91 Å². The Kier molecular flexibility index (Phi) is 5.16. The molecule has 0 fully saturated rings.